The minimum absolute atomic E-state index is 0.0581. The number of hydrogen-bond acceptors (Lipinski definition) is 4. The molecule has 142 valence electrons. The predicted molar refractivity (Wildman–Crippen MR) is 105 cm³/mol. The summed E-state index contributed by atoms with van der Waals surface area (Å²) in [5.41, 5.74) is 2.35. The van der Waals surface area contributed by atoms with Crippen LogP contribution in [0.5, 0.6) is 0 Å². The van der Waals surface area contributed by atoms with Crippen molar-refractivity contribution in [3.63, 3.8) is 0 Å². The SMILES string of the molecule is CC(=O)Nc1ccc(S(=O)(=O)C(C)C(=O)N2CCCc3ccccc32)cc1. The third-order valence-electron chi connectivity index (χ3n) is 4.69. The second-order valence-electron chi connectivity index (χ2n) is 6.61. The van der Waals surface area contributed by atoms with E-state index in [0.29, 0.717) is 12.2 Å². The van der Waals surface area contributed by atoms with E-state index in [-0.39, 0.29) is 10.8 Å². The van der Waals surface area contributed by atoms with Crippen molar-refractivity contribution in [2.75, 3.05) is 16.8 Å². The predicted octanol–water partition coefficient (Wildman–Crippen LogP) is 2.79. The van der Waals surface area contributed by atoms with Crippen LogP contribution < -0.4 is 10.2 Å². The summed E-state index contributed by atoms with van der Waals surface area (Å²) >= 11 is 0. The molecule has 0 saturated heterocycles. The summed E-state index contributed by atoms with van der Waals surface area (Å²) in [6.07, 6.45) is 1.69. The summed E-state index contributed by atoms with van der Waals surface area (Å²) in [5.74, 6) is -0.661. The highest BCUT2D eigenvalue weighted by molar-refractivity contribution is 7.92. The Morgan fingerprint density at radius 1 is 1.07 bits per heavy atom. The van der Waals surface area contributed by atoms with E-state index in [1.54, 1.807) is 4.90 Å². The number of nitrogens with one attached hydrogen (secondary N) is 1. The summed E-state index contributed by atoms with van der Waals surface area (Å²) in [5, 5.41) is 1.39. The van der Waals surface area contributed by atoms with Crippen molar-refractivity contribution < 1.29 is 18.0 Å². The molecule has 0 saturated carbocycles. The molecule has 0 fully saturated rings. The van der Waals surface area contributed by atoms with Gasteiger partial charge in [0.2, 0.25) is 11.8 Å². The molecule has 7 heteroatoms. The maximum absolute atomic E-state index is 13.0. The van der Waals surface area contributed by atoms with E-state index in [1.165, 1.54) is 38.1 Å². The van der Waals surface area contributed by atoms with Crippen molar-refractivity contribution in [2.24, 2.45) is 0 Å². The van der Waals surface area contributed by atoms with Crippen LogP contribution in [0.25, 0.3) is 0 Å². The number of carbonyl (C=O) groups is 2. The van der Waals surface area contributed by atoms with Gasteiger partial charge in [0.1, 0.15) is 5.25 Å². The van der Waals surface area contributed by atoms with Crippen LogP contribution in [0.3, 0.4) is 0 Å². The standard InChI is InChI=1S/C20H22N2O4S/c1-14(20(24)22-13-5-7-16-6-3-4-8-19(16)22)27(25,26)18-11-9-17(10-12-18)21-15(2)23/h3-4,6,8-12,14H,5,7,13H2,1-2H3,(H,21,23). The van der Waals surface area contributed by atoms with Crippen LogP contribution in [-0.4, -0.2) is 32.0 Å². The Labute approximate surface area is 159 Å². The molecule has 2 amide bonds. The van der Waals surface area contributed by atoms with E-state index in [1.807, 2.05) is 24.3 Å². The smallest absolute Gasteiger partial charge is 0.245 e. The minimum Gasteiger partial charge on any atom is -0.326 e. The number of fused-ring (bicyclic) bond motifs is 1. The van der Waals surface area contributed by atoms with Crippen molar-refractivity contribution >= 4 is 33.0 Å². The second kappa shape index (κ2) is 7.52. The first kappa shape index (κ1) is 19.1. The van der Waals surface area contributed by atoms with Crippen molar-refractivity contribution in [3.8, 4) is 0 Å². The van der Waals surface area contributed by atoms with Crippen molar-refractivity contribution in [3.05, 3.63) is 54.1 Å². The molecule has 27 heavy (non-hydrogen) atoms. The van der Waals surface area contributed by atoms with E-state index in [2.05, 4.69) is 5.32 Å². The Kier molecular flexibility index (Phi) is 5.32. The molecule has 0 aromatic heterocycles. The monoisotopic (exact) mass is 386 g/mol. The zero-order valence-electron chi connectivity index (χ0n) is 15.3. The Bertz CT molecular complexity index is 968. The summed E-state index contributed by atoms with van der Waals surface area (Å²) in [7, 11) is -3.84. The molecule has 1 N–H and O–H groups in total. The molecule has 1 atom stereocenters. The highest BCUT2D eigenvalue weighted by Crippen LogP contribution is 2.29. The molecule has 6 nitrogen and oxygen atoms in total. The van der Waals surface area contributed by atoms with Crippen molar-refractivity contribution in [1.82, 2.24) is 0 Å². The van der Waals surface area contributed by atoms with E-state index in [0.717, 1.165) is 24.1 Å². The number of sulfone groups is 1. The van der Waals surface area contributed by atoms with Gasteiger partial charge in [0.25, 0.3) is 0 Å². The molecule has 1 heterocycles. The normalized spacial score (nSPS) is 15.0. The lowest BCUT2D eigenvalue weighted by Crippen LogP contribution is -2.44. The van der Waals surface area contributed by atoms with Gasteiger partial charge in [-0.05, 0) is 55.7 Å². The molecule has 0 spiro atoms. The Balaban J connectivity index is 1.85. The number of hydrogen-bond donors (Lipinski definition) is 1. The molecule has 3 rings (SSSR count). The van der Waals surface area contributed by atoms with E-state index in [4.69, 9.17) is 0 Å². The molecule has 0 aliphatic carbocycles. The van der Waals surface area contributed by atoms with E-state index < -0.39 is 21.0 Å². The molecule has 1 aliphatic heterocycles. The van der Waals surface area contributed by atoms with Gasteiger partial charge in [-0.15, -0.1) is 0 Å². The number of amides is 2. The Morgan fingerprint density at radius 2 is 1.74 bits per heavy atom. The molecular formula is C20H22N2O4S. The third-order valence-corrected chi connectivity index (χ3v) is 6.75. The molecule has 2 aromatic carbocycles. The average Bonchev–Trinajstić information content (AvgIpc) is 2.66. The molecule has 1 unspecified atom stereocenters. The number of rotatable bonds is 4. The summed E-state index contributed by atoms with van der Waals surface area (Å²) in [4.78, 5) is 25.7. The fourth-order valence-corrected chi connectivity index (χ4v) is 4.57. The van der Waals surface area contributed by atoms with Gasteiger partial charge in [0.05, 0.1) is 4.90 Å². The lowest BCUT2D eigenvalue weighted by atomic mass is 10.0. The molecule has 0 radical (unpaired) electrons. The van der Waals surface area contributed by atoms with Crippen LogP contribution in [0.1, 0.15) is 25.8 Å². The van der Waals surface area contributed by atoms with Crippen LogP contribution in [0.2, 0.25) is 0 Å². The number of nitrogens with zero attached hydrogens (tertiary/aromatic N) is 1. The third kappa shape index (κ3) is 3.88. The van der Waals surface area contributed by atoms with Crippen LogP contribution in [0.15, 0.2) is 53.4 Å². The van der Waals surface area contributed by atoms with Gasteiger partial charge >= 0.3 is 0 Å². The van der Waals surface area contributed by atoms with E-state index >= 15 is 0 Å². The number of para-hydroxylation sites is 1. The summed E-state index contributed by atoms with van der Waals surface area (Å²) in [6.45, 7) is 3.32. The van der Waals surface area contributed by atoms with Crippen molar-refractivity contribution in [2.45, 2.75) is 36.8 Å². The number of aryl methyl sites for hydroxylation is 1. The lowest BCUT2D eigenvalue weighted by Gasteiger charge is -2.31. The summed E-state index contributed by atoms with van der Waals surface area (Å²) in [6, 6.07) is 13.4. The zero-order valence-corrected chi connectivity index (χ0v) is 16.1. The van der Waals surface area contributed by atoms with Crippen LogP contribution in [0, 0.1) is 0 Å². The molecule has 1 aliphatic rings. The molecular weight excluding hydrogens is 364 g/mol. The van der Waals surface area contributed by atoms with Gasteiger partial charge in [0.15, 0.2) is 9.84 Å². The minimum atomic E-state index is -3.84. The quantitative estimate of drug-likeness (QED) is 0.876. The van der Waals surface area contributed by atoms with Gasteiger partial charge in [-0.3, -0.25) is 9.59 Å². The largest absolute Gasteiger partial charge is 0.326 e. The second-order valence-corrected chi connectivity index (χ2v) is 8.88. The topological polar surface area (TPSA) is 83.5 Å². The fraction of sp³-hybridized carbons (Fsp3) is 0.300. The Hall–Kier alpha value is -2.67. The van der Waals surface area contributed by atoms with Crippen LogP contribution in [-0.2, 0) is 25.8 Å². The number of benzene rings is 2. The van der Waals surface area contributed by atoms with Crippen LogP contribution >= 0.6 is 0 Å². The highest BCUT2D eigenvalue weighted by atomic mass is 32.2. The summed E-state index contributed by atoms with van der Waals surface area (Å²) < 4.78 is 25.9. The van der Waals surface area contributed by atoms with Gasteiger partial charge in [0, 0.05) is 24.8 Å². The molecule has 2 aromatic rings. The van der Waals surface area contributed by atoms with E-state index in [9.17, 15) is 18.0 Å². The first-order valence-electron chi connectivity index (χ1n) is 8.81. The van der Waals surface area contributed by atoms with Gasteiger partial charge in [-0.1, -0.05) is 18.2 Å². The van der Waals surface area contributed by atoms with Gasteiger partial charge < -0.3 is 10.2 Å². The van der Waals surface area contributed by atoms with Crippen molar-refractivity contribution in [1.29, 1.82) is 0 Å². The number of anilines is 2. The highest BCUT2D eigenvalue weighted by Gasteiger charge is 2.35. The maximum atomic E-state index is 13.0. The Morgan fingerprint density at radius 3 is 2.41 bits per heavy atom. The number of carbonyl (C=O) groups excluding carboxylic acids is 2. The fourth-order valence-electron chi connectivity index (χ4n) is 3.25. The van der Waals surface area contributed by atoms with Gasteiger partial charge in [-0.25, -0.2) is 8.42 Å². The van der Waals surface area contributed by atoms with Crippen LogP contribution in [0.4, 0.5) is 11.4 Å². The molecule has 0 bridgehead atoms. The maximum Gasteiger partial charge on any atom is 0.245 e. The lowest BCUT2D eigenvalue weighted by molar-refractivity contribution is -0.118. The average molecular weight is 386 g/mol. The first-order valence-corrected chi connectivity index (χ1v) is 10.4. The zero-order chi connectivity index (χ0) is 19.6. The van der Waals surface area contributed by atoms with Gasteiger partial charge in [-0.2, -0.15) is 0 Å². The first-order chi connectivity index (χ1) is 12.8.